The fraction of sp³-hybridized carbons (Fsp3) is 0.333. The maximum atomic E-state index is 13.2. The summed E-state index contributed by atoms with van der Waals surface area (Å²) in [6, 6.07) is 13.7. The van der Waals surface area contributed by atoms with Crippen LogP contribution in [0.15, 0.2) is 42.5 Å². The van der Waals surface area contributed by atoms with Gasteiger partial charge in [0.05, 0.1) is 7.11 Å². The molecule has 1 atom stereocenters. The summed E-state index contributed by atoms with van der Waals surface area (Å²) in [6.07, 6.45) is 3.01. The van der Waals surface area contributed by atoms with Crippen LogP contribution in [0, 0.1) is 5.82 Å². The maximum absolute atomic E-state index is 13.2. The van der Waals surface area contributed by atoms with E-state index in [0.29, 0.717) is 6.04 Å². The fourth-order valence-electron chi connectivity index (χ4n) is 2.98. The lowest BCUT2D eigenvalue weighted by Gasteiger charge is -2.14. The van der Waals surface area contributed by atoms with Crippen molar-refractivity contribution in [3.8, 4) is 5.75 Å². The van der Waals surface area contributed by atoms with E-state index in [4.69, 9.17) is 4.74 Å². The first kappa shape index (κ1) is 14.1. The number of hydrogen-bond donors (Lipinski definition) is 1. The lowest BCUT2D eigenvalue weighted by molar-refractivity contribution is 0.414. The van der Waals surface area contributed by atoms with Crippen LogP contribution in [0.1, 0.15) is 29.2 Å². The van der Waals surface area contributed by atoms with Crippen LogP contribution in [0.4, 0.5) is 4.39 Å². The van der Waals surface area contributed by atoms with Crippen molar-refractivity contribution in [2.24, 2.45) is 0 Å². The normalized spacial score (nSPS) is 16.8. The Balaban J connectivity index is 1.55. The number of aryl methyl sites for hydroxylation is 1. The van der Waals surface area contributed by atoms with E-state index in [1.807, 2.05) is 18.2 Å². The minimum Gasteiger partial charge on any atom is -0.497 e. The summed E-state index contributed by atoms with van der Waals surface area (Å²) >= 11 is 0. The van der Waals surface area contributed by atoms with Gasteiger partial charge in [-0.15, -0.1) is 0 Å². The average molecular weight is 285 g/mol. The van der Waals surface area contributed by atoms with E-state index >= 15 is 0 Å². The van der Waals surface area contributed by atoms with Crippen molar-refractivity contribution in [3.05, 3.63) is 65.0 Å². The number of ether oxygens (including phenoxy) is 1. The van der Waals surface area contributed by atoms with E-state index in [-0.39, 0.29) is 5.82 Å². The minimum absolute atomic E-state index is 0.132. The van der Waals surface area contributed by atoms with Crippen LogP contribution in [0.25, 0.3) is 0 Å². The van der Waals surface area contributed by atoms with Crippen LogP contribution in [0.3, 0.4) is 0 Å². The van der Waals surface area contributed by atoms with E-state index in [2.05, 4.69) is 17.4 Å². The topological polar surface area (TPSA) is 21.3 Å². The van der Waals surface area contributed by atoms with Crippen molar-refractivity contribution in [2.75, 3.05) is 13.7 Å². The van der Waals surface area contributed by atoms with E-state index in [1.165, 1.54) is 11.1 Å². The maximum Gasteiger partial charge on any atom is 0.123 e. The van der Waals surface area contributed by atoms with Crippen LogP contribution in [0.2, 0.25) is 0 Å². The summed E-state index contributed by atoms with van der Waals surface area (Å²) < 4.78 is 18.4. The number of nitrogens with one attached hydrogen (secondary N) is 1. The van der Waals surface area contributed by atoms with Crippen LogP contribution in [-0.4, -0.2) is 13.7 Å². The van der Waals surface area contributed by atoms with Gasteiger partial charge in [-0.25, -0.2) is 4.39 Å². The average Bonchev–Trinajstić information content (AvgIpc) is 2.90. The van der Waals surface area contributed by atoms with Gasteiger partial charge in [0.2, 0.25) is 0 Å². The van der Waals surface area contributed by atoms with E-state index in [9.17, 15) is 4.39 Å². The van der Waals surface area contributed by atoms with Gasteiger partial charge in [0.25, 0.3) is 0 Å². The number of rotatable bonds is 5. The predicted octanol–water partition coefficient (Wildman–Crippen LogP) is 3.65. The lowest BCUT2D eigenvalue weighted by atomic mass is 10.1. The molecule has 1 aliphatic carbocycles. The van der Waals surface area contributed by atoms with E-state index in [0.717, 1.165) is 37.1 Å². The standard InChI is InChI=1S/C18H20FNO/c1-21-16-6-2-13(3-7-16)10-11-20-18-9-4-14-12-15(19)5-8-17(14)18/h2-3,5-8,12,18,20H,4,9-11H2,1H3. The molecule has 3 rings (SSSR count). The molecule has 3 heteroatoms. The molecule has 0 bridgehead atoms. The fourth-order valence-corrected chi connectivity index (χ4v) is 2.98. The third kappa shape index (κ3) is 3.24. The molecular formula is C18H20FNO. The highest BCUT2D eigenvalue weighted by Gasteiger charge is 2.21. The van der Waals surface area contributed by atoms with Gasteiger partial charge in [-0.2, -0.15) is 0 Å². The molecule has 2 aromatic carbocycles. The van der Waals surface area contributed by atoms with Gasteiger partial charge >= 0.3 is 0 Å². The Morgan fingerprint density at radius 1 is 1.19 bits per heavy atom. The molecule has 0 spiro atoms. The van der Waals surface area contributed by atoms with Gasteiger partial charge in [-0.3, -0.25) is 0 Å². The van der Waals surface area contributed by atoms with Gasteiger partial charge in [0.1, 0.15) is 11.6 Å². The Kier molecular flexibility index (Phi) is 4.20. The number of fused-ring (bicyclic) bond motifs is 1. The van der Waals surface area contributed by atoms with Gasteiger partial charge in [-0.1, -0.05) is 18.2 Å². The molecule has 0 radical (unpaired) electrons. The largest absolute Gasteiger partial charge is 0.497 e. The highest BCUT2D eigenvalue weighted by atomic mass is 19.1. The van der Waals surface area contributed by atoms with E-state index < -0.39 is 0 Å². The molecule has 2 nitrogen and oxygen atoms in total. The van der Waals surface area contributed by atoms with Crippen molar-refractivity contribution < 1.29 is 9.13 Å². The number of benzene rings is 2. The van der Waals surface area contributed by atoms with Crippen LogP contribution in [-0.2, 0) is 12.8 Å². The molecule has 0 fully saturated rings. The van der Waals surface area contributed by atoms with Crippen molar-refractivity contribution in [1.82, 2.24) is 5.32 Å². The van der Waals surface area contributed by atoms with Crippen molar-refractivity contribution in [3.63, 3.8) is 0 Å². The Morgan fingerprint density at radius 2 is 2.00 bits per heavy atom. The molecule has 0 aromatic heterocycles. The molecular weight excluding hydrogens is 265 g/mol. The second-order valence-electron chi connectivity index (χ2n) is 5.49. The predicted molar refractivity (Wildman–Crippen MR) is 82.2 cm³/mol. The first-order chi connectivity index (χ1) is 10.3. The summed E-state index contributed by atoms with van der Waals surface area (Å²) in [5.41, 5.74) is 3.70. The summed E-state index contributed by atoms with van der Waals surface area (Å²) in [4.78, 5) is 0. The quantitative estimate of drug-likeness (QED) is 0.905. The molecule has 110 valence electrons. The molecule has 0 amide bonds. The smallest absolute Gasteiger partial charge is 0.123 e. The molecule has 0 saturated heterocycles. The summed E-state index contributed by atoms with van der Waals surface area (Å²) in [5, 5.41) is 3.58. The van der Waals surface area contributed by atoms with Gasteiger partial charge in [-0.05, 0) is 66.8 Å². The van der Waals surface area contributed by atoms with Crippen molar-refractivity contribution in [1.29, 1.82) is 0 Å². The third-order valence-corrected chi connectivity index (χ3v) is 4.15. The van der Waals surface area contributed by atoms with Gasteiger partial charge in [0, 0.05) is 6.04 Å². The molecule has 2 aromatic rings. The summed E-state index contributed by atoms with van der Waals surface area (Å²) in [6.45, 7) is 0.924. The number of methoxy groups -OCH3 is 1. The van der Waals surface area contributed by atoms with Crippen molar-refractivity contribution in [2.45, 2.75) is 25.3 Å². The zero-order valence-corrected chi connectivity index (χ0v) is 12.2. The molecule has 0 heterocycles. The minimum atomic E-state index is -0.132. The summed E-state index contributed by atoms with van der Waals surface area (Å²) in [7, 11) is 1.68. The first-order valence-electron chi connectivity index (χ1n) is 7.41. The molecule has 0 aliphatic heterocycles. The lowest BCUT2D eigenvalue weighted by Crippen LogP contribution is -2.21. The molecule has 1 aliphatic rings. The number of hydrogen-bond acceptors (Lipinski definition) is 2. The molecule has 21 heavy (non-hydrogen) atoms. The highest BCUT2D eigenvalue weighted by Crippen LogP contribution is 2.31. The van der Waals surface area contributed by atoms with Crippen LogP contribution in [0.5, 0.6) is 5.75 Å². The Labute approximate surface area is 125 Å². The zero-order chi connectivity index (χ0) is 14.7. The monoisotopic (exact) mass is 285 g/mol. The molecule has 1 unspecified atom stereocenters. The second kappa shape index (κ2) is 6.27. The Morgan fingerprint density at radius 3 is 2.76 bits per heavy atom. The summed E-state index contributed by atoms with van der Waals surface area (Å²) in [5.74, 6) is 0.756. The highest BCUT2D eigenvalue weighted by molar-refractivity contribution is 5.35. The van der Waals surface area contributed by atoms with Gasteiger partial charge in [0.15, 0.2) is 0 Å². The van der Waals surface area contributed by atoms with Gasteiger partial charge < -0.3 is 10.1 Å². The van der Waals surface area contributed by atoms with Crippen LogP contribution < -0.4 is 10.1 Å². The van der Waals surface area contributed by atoms with Crippen LogP contribution >= 0.6 is 0 Å². The number of halogens is 1. The SMILES string of the molecule is COc1ccc(CCNC2CCc3cc(F)ccc32)cc1. The zero-order valence-electron chi connectivity index (χ0n) is 12.2. The molecule has 0 saturated carbocycles. The second-order valence-corrected chi connectivity index (χ2v) is 5.49. The van der Waals surface area contributed by atoms with E-state index in [1.54, 1.807) is 19.2 Å². The van der Waals surface area contributed by atoms with Crippen molar-refractivity contribution >= 4 is 0 Å². The first-order valence-corrected chi connectivity index (χ1v) is 7.41. The Bertz CT molecular complexity index is 609. The molecule has 1 N–H and O–H groups in total. The third-order valence-electron chi connectivity index (χ3n) is 4.15. The Hall–Kier alpha value is -1.87.